The Morgan fingerprint density at radius 3 is 2.29 bits per heavy atom. The lowest BCUT2D eigenvalue weighted by Crippen LogP contribution is -2.15. The van der Waals surface area contributed by atoms with Crippen LogP contribution in [-0.4, -0.2) is 18.7 Å². The first-order valence-corrected chi connectivity index (χ1v) is 4.91. The van der Waals surface area contributed by atoms with Crippen LogP contribution in [0, 0.1) is 0 Å². The van der Waals surface area contributed by atoms with Crippen LogP contribution in [0.1, 0.15) is 6.92 Å². The molecule has 0 aromatic heterocycles. The minimum Gasteiger partial charge on any atom is -0.463 e. The lowest BCUT2D eigenvalue weighted by molar-refractivity contribution is -0.137. The van der Waals surface area contributed by atoms with Crippen LogP contribution < -0.4 is 10.5 Å². The monoisotopic (exact) mass is 237 g/mol. The summed E-state index contributed by atoms with van der Waals surface area (Å²) in [6, 6.07) is 8.67. The van der Waals surface area contributed by atoms with E-state index in [-0.39, 0.29) is 5.97 Å². The molecule has 0 saturated carbocycles. The van der Waals surface area contributed by atoms with Gasteiger partial charge in [0, 0.05) is 6.08 Å². The molecule has 0 aliphatic heterocycles. The van der Waals surface area contributed by atoms with Crippen molar-refractivity contribution in [2.75, 3.05) is 6.61 Å². The van der Waals surface area contributed by atoms with E-state index in [1.165, 1.54) is 0 Å². The highest BCUT2D eigenvalue weighted by Gasteiger charge is 1.93. The average Bonchev–Trinajstić information content (AvgIpc) is 2.30. The number of primary amides is 1. The van der Waals surface area contributed by atoms with Crippen LogP contribution in [0.4, 0.5) is 4.79 Å². The second-order valence-electron chi connectivity index (χ2n) is 2.69. The number of hydrogen-bond donors (Lipinski definition) is 1. The Balaban J connectivity index is 0.000000325. The molecule has 0 bridgehead atoms. The first-order chi connectivity index (χ1) is 8.10. The largest absolute Gasteiger partial charge is 0.463 e. The number of para-hydroxylation sites is 1. The van der Waals surface area contributed by atoms with Gasteiger partial charge in [-0.1, -0.05) is 24.8 Å². The molecule has 5 heteroatoms. The zero-order chi connectivity index (χ0) is 13.1. The molecule has 0 radical (unpaired) electrons. The lowest BCUT2D eigenvalue weighted by atomic mass is 10.3. The number of amides is 1. The van der Waals surface area contributed by atoms with E-state index < -0.39 is 6.09 Å². The van der Waals surface area contributed by atoms with E-state index in [1.54, 1.807) is 31.2 Å². The molecule has 0 saturated heterocycles. The lowest BCUT2D eigenvalue weighted by Gasteiger charge is -1.96. The molecule has 1 rings (SSSR count). The quantitative estimate of drug-likeness (QED) is 0.643. The molecular formula is C12H15NO4. The number of carbonyl (C=O) groups is 2. The fourth-order valence-corrected chi connectivity index (χ4v) is 0.806. The van der Waals surface area contributed by atoms with Gasteiger partial charge < -0.3 is 15.2 Å². The van der Waals surface area contributed by atoms with Crippen LogP contribution in [0.5, 0.6) is 5.75 Å². The molecule has 17 heavy (non-hydrogen) atoms. The SMILES string of the molecule is C=CC(=O)OCC.NC(=O)Oc1ccccc1. The van der Waals surface area contributed by atoms with Crippen molar-refractivity contribution < 1.29 is 19.1 Å². The van der Waals surface area contributed by atoms with Crippen molar-refractivity contribution in [3.63, 3.8) is 0 Å². The normalized spacial score (nSPS) is 8.29. The summed E-state index contributed by atoms with van der Waals surface area (Å²) in [4.78, 5) is 20.2. The molecule has 1 amide bonds. The summed E-state index contributed by atoms with van der Waals surface area (Å²) in [6.45, 7) is 5.38. The number of benzene rings is 1. The van der Waals surface area contributed by atoms with E-state index in [4.69, 9.17) is 5.73 Å². The van der Waals surface area contributed by atoms with Gasteiger partial charge in [-0.2, -0.15) is 0 Å². The van der Waals surface area contributed by atoms with Gasteiger partial charge in [-0.25, -0.2) is 9.59 Å². The molecule has 1 aromatic rings. The highest BCUT2D eigenvalue weighted by molar-refractivity contribution is 5.81. The summed E-state index contributed by atoms with van der Waals surface area (Å²) in [6.07, 6.45) is 0.356. The number of carbonyl (C=O) groups excluding carboxylic acids is 2. The van der Waals surface area contributed by atoms with Gasteiger partial charge in [-0.3, -0.25) is 0 Å². The van der Waals surface area contributed by atoms with Crippen LogP contribution in [-0.2, 0) is 9.53 Å². The molecule has 0 heterocycles. The van der Waals surface area contributed by atoms with E-state index in [0.717, 1.165) is 6.08 Å². The highest BCUT2D eigenvalue weighted by atomic mass is 16.5. The first-order valence-electron chi connectivity index (χ1n) is 4.91. The van der Waals surface area contributed by atoms with E-state index in [1.807, 2.05) is 6.07 Å². The molecule has 0 aliphatic rings. The number of nitrogens with two attached hydrogens (primary N) is 1. The Kier molecular flexibility index (Phi) is 7.75. The molecule has 0 aliphatic carbocycles. The summed E-state index contributed by atoms with van der Waals surface area (Å²) in [7, 11) is 0. The number of rotatable bonds is 3. The van der Waals surface area contributed by atoms with Gasteiger partial charge in [-0.15, -0.1) is 0 Å². The number of hydrogen-bond acceptors (Lipinski definition) is 4. The van der Waals surface area contributed by atoms with Crippen LogP contribution >= 0.6 is 0 Å². The van der Waals surface area contributed by atoms with Gasteiger partial charge in [-0.05, 0) is 19.1 Å². The van der Waals surface area contributed by atoms with Gasteiger partial charge in [0.2, 0.25) is 0 Å². The minimum atomic E-state index is -0.786. The fraction of sp³-hybridized carbons (Fsp3) is 0.167. The third kappa shape index (κ3) is 8.68. The van der Waals surface area contributed by atoms with Gasteiger partial charge in [0.1, 0.15) is 5.75 Å². The fourth-order valence-electron chi connectivity index (χ4n) is 0.806. The predicted octanol–water partition coefficient (Wildman–Crippen LogP) is 1.88. The molecule has 1 aromatic carbocycles. The minimum absolute atomic E-state index is 0.359. The van der Waals surface area contributed by atoms with Crippen molar-refractivity contribution in [1.29, 1.82) is 0 Å². The molecule has 2 N–H and O–H groups in total. The predicted molar refractivity (Wildman–Crippen MR) is 63.5 cm³/mol. The van der Waals surface area contributed by atoms with Crippen molar-refractivity contribution in [2.24, 2.45) is 5.73 Å². The Morgan fingerprint density at radius 1 is 1.35 bits per heavy atom. The zero-order valence-corrected chi connectivity index (χ0v) is 9.59. The Bertz CT molecular complexity index is 362. The average molecular weight is 237 g/mol. The second kappa shape index (κ2) is 8.96. The van der Waals surface area contributed by atoms with Crippen molar-refractivity contribution in [1.82, 2.24) is 0 Å². The summed E-state index contributed by atoms with van der Waals surface area (Å²) in [5.74, 6) is 0.109. The van der Waals surface area contributed by atoms with Crippen molar-refractivity contribution in [3.05, 3.63) is 43.0 Å². The molecule has 0 unspecified atom stereocenters. The van der Waals surface area contributed by atoms with E-state index in [2.05, 4.69) is 16.1 Å². The Labute approximate surface area is 99.8 Å². The van der Waals surface area contributed by atoms with E-state index in [9.17, 15) is 9.59 Å². The maximum absolute atomic E-state index is 10.2. The molecule has 0 fully saturated rings. The van der Waals surface area contributed by atoms with Crippen LogP contribution in [0.3, 0.4) is 0 Å². The summed E-state index contributed by atoms with van der Waals surface area (Å²) >= 11 is 0. The van der Waals surface area contributed by atoms with Crippen molar-refractivity contribution in [3.8, 4) is 5.75 Å². The Hall–Kier alpha value is -2.30. The molecule has 5 nitrogen and oxygen atoms in total. The maximum atomic E-state index is 10.2. The van der Waals surface area contributed by atoms with E-state index in [0.29, 0.717) is 12.4 Å². The number of esters is 1. The topological polar surface area (TPSA) is 78.6 Å². The first kappa shape index (κ1) is 14.7. The molecule has 0 atom stereocenters. The summed E-state index contributed by atoms with van der Waals surface area (Å²) in [5.41, 5.74) is 4.76. The van der Waals surface area contributed by atoms with Crippen LogP contribution in [0.15, 0.2) is 43.0 Å². The standard InChI is InChI=1S/C7H7NO2.C5H8O2/c8-7(9)10-6-4-2-1-3-5-6;1-3-5(6)7-4-2/h1-5H,(H2,8,9);3H,1,4H2,2H3. The van der Waals surface area contributed by atoms with Crippen LogP contribution in [0.25, 0.3) is 0 Å². The maximum Gasteiger partial charge on any atom is 0.409 e. The van der Waals surface area contributed by atoms with Gasteiger partial charge in [0.05, 0.1) is 6.61 Å². The summed E-state index contributed by atoms with van der Waals surface area (Å²) < 4.78 is 8.99. The molecule has 92 valence electrons. The number of ether oxygens (including phenoxy) is 2. The zero-order valence-electron chi connectivity index (χ0n) is 9.59. The third-order valence-corrected chi connectivity index (χ3v) is 1.41. The smallest absolute Gasteiger partial charge is 0.409 e. The van der Waals surface area contributed by atoms with Gasteiger partial charge >= 0.3 is 12.1 Å². The Morgan fingerprint density at radius 2 is 1.94 bits per heavy atom. The molecular weight excluding hydrogens is 222 g/mol. The second-order valence-corrected chi connectivity index (χ2v) is 2.69. The third-order valence-electron chi connectivity index (χ3n) is 1.41. The highest BCUT2D eigenvalue weighted by Crippen LogP contribution is 2.07. The van der Waals surface area contributed by atoms with Crippen LogP contribution in [0.2, 0.25) is 0 Å². The molecule has 0 spiro atoms. The van der Waals surface area contributed by atoms with E-state index >= 15 is 0 Å². The van der Waals surface area contributed by atoms with Gasteiger partial charge in [0.25, 0.3) is 0 Å². The van der Waals surface area contributed by atoms with Crippen molar-refractivity contribution >= 4 is 12.1 Å². The van der Waals surface area contributed by atoms with Crippen molar-refractivity contribution in [2.45, 2.75) is 6.92 Å². The van der Waals surface area contributed by atoms with Gasteiger partial charge in [0.15, 0.2) is 0 Å². The summed E-state index contributed by atoms with van der Waals surface area (Å²) in [5, 5.41) is 0.